The number of carboxylic acids is 1. The molecule has 2 atom stereocenters. The minimum atomic E-state index is -0.784. The van der Waals surface area contributed by atoms with Crippen LogP contribution in [0, 0.1) is 12.8 Å². The fraction of sp³-hybridized carbons (Fsp3) is 0.636. The molecule has 1 N–H and O–H groups in total. The topological polar surface area (TPSA) is 66.6 Å². The minimum absolute atomic E-state index is 0.0318. The van der Waals surface area contributed by atoms with Gasteiger partial charge in [-0.05, 0) is 20.9 Å². The molecule has 5 nitrogen and oxygen atoms in total. The zero-order valence-electron chi connectivity index (χ0n) is 10.1. The molecule has 2 unspecified atom stereocenters. The monoisotopic (exact) mass is 226 g/mol. The van der Waals surface area contributed by atoms with Crippen LogP contribution in [-0.4, -0.2) is 34.6 Å². The first kappa shape index (κ1) is 12.7. The molecule has 5 heteroatoms. The van der Waals surface area contributed by atoms with Crippen LogP contribution in [0.5, 0.6) is 0 Å². The molecule has 0 saturated heterocycles. The maximum atomic E-state index is 10.7. The van der Waals surface area contributed by atoms with E-state index in [9.17, 15) is 4.79 Å². The van der Waals surface area contributed by atoms with Crippen molar-refractivity contribution in [1.29, 1.82) is 0 Å². The van der Waals surface area contributed by atoms with Gasteiger partial charge in [-0.2, -0.15) is 0 Å². The molecule has 0 aliphatic carbocycles. The third-order valence-corrected chi connectivity index (χ3v) is 2.81. The van der Waals surface area contributed by atoms with E-state index in [2.05, 4.69) is 4.98 Å². The molecule has 0 aliphatic rings. The van der Waals surface area contributed by atoms with Gasteiger partial charge in [0.1, 0.15) is 5.76 Å². The molecule has 0 radical (unpaired) electrons. The van der Waals surface area contributed by atoms with Gasteiger partial charge in [-0.3, -0.25) is 9.69 Å². The van der Waals surface area contributed by atoms with Gasteiger partial charge >= 0.3 is 5.97 Å². The summed E-state index contributed by atoms with van der Waals surface area (Å²) in [4.78, 5) is 16.7. The van der Waals surface area contributed by atoms with Crippen LogP contribution in [0.25, 0.3) is 0 Å². The van der Waals surface area contributed by atoms with Gasteiger partial charge in [0.2, 0.25) is 0 Å². The van der Waals surface area contributed by atoms with Crippen molar-refractivity contribution >= 4 is 5.97 Å². The Bertz CT molecular complexity index is 362. The second-order valence-corrected chi connectivity index (χ2v) is 4.16. The van der Waals surface area contributed by atoms with Crippen LogP contribution >= 0.6 is 0 Å². The minimum Gasteiger partial charge on any atom is -0.481 e. The van der Waals surface area contributed by atoms with E-state index >= 15 is 0 Å². The number of aliphatic carboxylic acids is 1. The summed E-state index contributed by atoms with van der Waals surface area (Å²) < 4.78 is 5.29. The van der Waals surface area contributed by atoms with Gasteiger partial charge in [-0.25, -0.2) is 4.98 Å². The molecule has 0 saturated carbocycles. The van der Waals surface area contributed by atoms with Crippen molar-refractivity contribution in [3.8, 4) is 0 Å². The SMILES string of the molecule is Cc1ncoc1C(C)N(C)CC(C)C(=O)O. The molecule has 1 heterocycles. The Hall–Kier alpha value is -1.36. The predicted molar refractivity (Wildman–Crippen MR) is 59.1 cm³/mol. The fourth-order valence-corrected chi connectivity index (χ4v) is 1.58. The Morgan fingerprint density at radius 1 is 1.62 bits per heavy atom. The Balaban J connectivity index is 2.64. The highest BCUT2D eigenvalue weighted by Gasteiger charge is 2.21. The Labute approximate surface area is 95.1 Å². The van der Waals surface area contributed by atoms with E-state index in [4.69, 9.17) is 9.52 Å². The number of nitrogens with zero attached hydrogens (tertiary/aromatic N) is 2. The number of aromatic nitrogens is 1. The predicted octanol–water partition coefficient (Wildman–Crippen LogP) is 1.70. The molecule has 1 aromatic rings. The smallest absolute Gasteiger partial charge is 0.307 e. The molecule has 0 bridgehead atoms. The number of hydrogen-bond acceptors (Lipinski definition) is 4. The van der Waals surface area contributed by atoms with Crippen LogP contribution in [0.1, 0.15) is 31.3 Å². The molecule has 1 rings (SSSR count). The van der Waals surface area contributed by atoms with E-state index in [0.29, 0.717) is 6.54 Å². The average molecular weight is 226 g/mol. The number of carbonyl (C=O) groups is 1. The number of rotatable bonds is 5. The lowest BCUT2D eigenvalue weighted by molar-refractivity contribution is -0.141. The van der Waals surface area contributed by atoms with Crippen molar-refractivity contribution in [3.63, 3.8) is 0 Å². The maximum absolute atomic E-state index is 10.7. The summed E-state index contributed by atoms with van der Waals surface area (Å²) in [7, 11) is 1.88. The zero-order valence-corrected chi connectivity index (χ0v) is 10.1. The molecule has 90 valence electrons. The van der Waals surface area contributed by atoms with E-state index < -0.39 is 11.9 Å². The van der Waals surface area contributed by atoms with Gasteiger partial charge in [0.25, 0.3) is 0 Å². The molecular formula is C11H18N2O3. The first-order chi connectivity index (χ1) is 7.43. The van der Waals surface area contributed by atoms with Crippen molar-refractivity contribution < 1.29 is 14.3 Å². The number of oxazole rings is 1. The van der Waals surface area contributed by atoms with Crippen LogP contribution in [0.3, 0.4) is 0 Å². The van der Waals surface area contributed by atoms with Gasteiger partial charge < -0.3 is 9.52 Å². The highest BCUT2D eigenvalue weighted by atomic mass is 16.4. The lowest BCUT2D eigenvalue weighted by Gasteiger charge is -2.24. The summed E-state index contributed by atoms with van der Waals surface area (Å²) in [5, 5.41) is 8.84. The molecule has 0 aromatic carbocycles. The van der Waals surface area contributed by atoms with E-state index in [-0.39, 0.29) is 6.04 Å². The molecule has 0 spiro atoms. The summed E-state index contributed by atoms with van der Waals surface area (Å²) in [6.45, 7) is 6.03. The highest BCUT2D eigenvalue weighted by molar-refractivity contribution is 5.69. The largest absolute Gasteiger partial charge is 0.481 e. The van der Waals surface area contributed by atoms with Crippen molar-refractivity contribution in [1.82, 2.24) is 9.88 Å². The number of aryl methyl sites for hydroxylation is 1. The van der Waals surface area contributed by atoms with Gasteiger partial charge in [-0.15, -0.1) is 0 Å². The first-order valence-electron chi connectivity index (χ1n) is 5.26. The summed E-state index contributed by atoms with van der Waals surface area (Å²) in [6, 6.07) is 0.0318. The first-order valence-corrected chi connectivity index (χ1v) is 5.26. The average Bonchev–Trinajstić information content (AvgIpc) is 2.62. The third-order valence-electron chi connectivity index (χ3n) is 2.81. The Morgan fingerprint density at radius 3 is 2.69 bits per heavy atom. The zero-order chi connectivity index (χ0) is 12.3. The normalized spacial score (nSPS) is 15.1. The third kappa shape index (κ3) is 2.82. The molecule has 0 aliphatic heterocycles. The van der Waals surface area contributed by atoms with Gasteiger partial charge in [0.05, 0.1) is 17.7 Å². The highest BCUT2D eigenvalue weighted by Crippen LogP contribution is 2.22. The van der Waals surface area contributed by atoms with Crippen molar-refractivity contribution in [2.24, 2.45) is 5.92 Å². The second kappa shape index (κ2) is 5.12. The van der Waals surface area contributed by atoms with Gasteiger partial charge in [0.15, 0.2) is 6.39 Å². The lowest BCUT2D eigenvalue weighted by atomic mass is 10.1. The van der Waals surface area contributed by atoms with Crippen molar-refractivity contribution in [2.75, 3.05) is 13.6 Å². The van der Waals surface area contributed by atoms with Gasteiger partial charge in [-0.1, -0.05) is 6.92 Å². The van der Waals surface area contributed by atoms with E-state index in [1.165, 1.54) is 6.39 Å². The van der Waals surface area contributed by atoms with Crippen LogP contribution in [0.4, 0.5) is 0 Å². The Kier molecular flexibility index (Phi) is 4.06. The van der Waals surface area contributed by atoms with Crippen LogP contribution in [0.2, 0.25) is 0 Å². The maximum Gasteiger partial charge on any atom is 0.307 e. The van der Waals surface area contributed by atoms with Crippen LogP contribution in [-0.2, 0) is 4.79 Å². The second-order valence-electron chi connectivity index (χ2n) is 4.16. The van der Waals surface area contributed by atoms with Crippen molar-refractivity contribution in [3.05, 3.63) is 17.8 Å². The summed E-state index contributed by atoms with van der Waals surface area (Å²) >= 11 is 0. The molecule has 0 fully saturated rings. The summed E-state index contributed by atoms with van der Waals surface area (Å²) in [5.74, 6) is -0.385. The quantitative estimate of drug-likeness (QED) is 0.827. The molecule has 0 amide bonds. The standard InChI is InChI=1S/C11H18N2O3/c1-7(11(14)15)5-13(4)9(3)10-8(2)12-6-16-10/h6-7,9H,5H2,1-4H3,(H,14,15). The Morgan fingerprint density at radius 2 is 2.25 bits per heavy atom. The van der Waals surface area contributed by atoms with E-state index in [1.807, 2.05) is 25.8 Å². The molecular weight excluding hydrogens is 208 g/mol. The fourth-order valence-electron chi connectivity index (χ4n) is 1.58. The van der Waals surface area contributed by atoms with Crippen molar-refractivity contribution in [2.45, 2.75) is 26.8 Å². The van der Waals surface area contributed by atoms with E-state index in [1.54, 1.807) is 6.92 Å². The van der Waals surface area contributed by atoms with Crippen LogP contribution in [0.15, 0.2) is 10.8 Å². The number of hydrogen-bond donors (Lipinski definition) is 1. The summed E-state index contributed by atoms with van der Waals surface area (Å²) in [5.41, 5.74) is 0.849. The van der Waals surface area contributed by atoms with E-state index in [0.717, 1.165) is 11.5 Å². The molecule has 16 heavy (non-hydrogen) atoms. The van der Waals surface area contributed by atoms with Gasteiger partial charge in [0, 0.05) is 6.54 Å². The van der Waals surface area contributed by atoms with Crippen LogP contribution < -0.4 is 0 Å². The number of carboxylic acid groups (broad SMARTS) is 1. The molecule has 1 aromatic heterocycles. The summed E-state index contributed by atoms with van der Waals surface area (Å²) in [6.07, 6.45) is 1.41. The lowest BCUT2D eigenvalue weighted by Crippen LogP contribution is -2.30.